The second-order valence-corrected chi connectivity index (χ2v) is 4.13. The Morgan fingerprint density at radius 3 is 2.71 bits per heavy atom. The van der Waals surface area contributed by atoms with Gasteiger partial charge in [-0.1, -0.05) is 0 Å². The Labute approximate surface area is 83.9 Å². The summed E-state index contributed by atoms with van der Waals surface area (Å²) in [6.07, 6.45) is 3.66. The lowest BCUT2D eigenvalue weighted by Gasteiger charge is -2.27. The van der Waals surface area contributed by atoms with Gasteiger partial charge in [0.05, 0.1) is 0 Å². The van der Waals surface area contributed by atoms with E-state index in [1.54, 1.807) is 0 Å². The van der Waals surface area contributed by atoms with E-state index in [9.17, 15) is 0 Å². The van der Waals surface area contributed by atoms with Crippen molar-refractivity contribution in [1.82, 2.24) is 0 Å². The van der Waals surface area contributed by atoms with Gasteiger partial charge in [-0.15, -0.1) is 0 Å². The van der Waals surface area contributed by atoms with Gasteiger partial charge in [0.2, 0.25) is 0 Å². The molecule has 3 rings (SSSR count). The Hall–Kier alpha value is -1.22. The molecule has 3 N–H and O–H groups in total. The number of aryl methyl sites for hydroxylation is 1. The Morgan fingerprint density at radius 2 is 1.93 bits per heavy atom. The molecule has 0 saturated heterocycles. The van der Waals surface area contributed by atoms with Crippen LogP contribution in [0.5, 0.6) is 0 Å². The fraction of sp³-hybridized carbons (Fsp3) is 0.455. The summed E-state index contributed by atoms with van der Waals surface area (Å²) in [4.78, 5) is 2.51. The first-order valence-electron chi connectivity index (χ1n) is 5.26. The van der Waals surface area contributed by atoms with Crippen molar-refractivity contribution in [3.05, 3.63) is 23.3 Å². The summed E-state index contributed by atoms with van der Waals surface area (Å²) in [5, 5.41) is 0. The molecule has 0 aliphatic carbocycles. The first-order valence-corrected chi connectivity index (χ1v) is 5.26. The predicted molar refractivity (Wildman–Crippen MR) is 58.5 cm³/mol. The number of anilines is 2. The Balaban J connectivity index is 2.16. The van der Waals surface area contributed by atoms with E-state index >= 15 is 0 Å². The molecule has 1 aromatic rings. The van der Waals surface area contributed by atoms with Crippen LogP contribution >= 0.6 is 0 Å². The molecular weight excluding hydrogens is 174 g/mol. The number of nitrogens with one attached hydrogen (secondary N) is 1. The van der Waals surface area contributed by atoms with Crippen LogP contribution in [0.2, 0.25) is 0 Å². The Bertz CT molecular complexity index is 373. The van der Waals surface area contributed by atoms with Gasteiger partial charge in [0.15, 0.2) is 0 Å². The molecule has 2 heterocycles. The largest absolute Gasteiger partial charge is 0.371 e. The van der Waals surface area contributed by atoms with Gasteiger partial charge in [-0.3, -0.25) is 5.84 Å². The molecule has 2 aliphatic heterocycles. The highest BCUT2D eigenvalue weighted by molar-refractivity contribution is 5.69. The average molecular weight is 189 g/mol. The normalized spacial score (nSPS) is 18.2. The lowest BCUT2D eigenvalue weighted by atomic mass is 9.99. The number of nitrogens with zero attached hydrogens (tertiary/aromatic N) is 1. The van der Waals surface area contributed by atoms with Crippen molar-refractivity contribution in [3.8, 4) is 0 Å². The maximum atomic E-state index is 5.46. The molecule has 3 heteroatoms. The maximum Gasteiger partial charge on any atom is 0.0492 e. The van der Waals surface area contributed by atoms with Crippen molar-refractivity contribution >= 4 is 11.4 Å². The van der Waals surface area contributed by atoms with Crippen LogP contribution in [0.15, 0.2) is 12.1 Å². The molecule has 74 valence electrons. The van der Waals surface area contributed by atoms with E-state index in [1.165, 1.54) is 49.2 Å². The molecule has 0 atom stereocenters. The van der Waals surface area contributed by atoms with Crippen LogP contribution in [0.25, 0.3) is 0 Å². The van der Waals surface area contributed by atoms with E-state index in [4.69, 9.17) is 5.84 Å². The second-order valence-electron chi connectivity index (χ2n) is 4.13. The number of hydrazine groups is 1. The summed E-state index contributed by atoms with van der Waals surface area (Å²) in [5.74, 6) is 5.46. The number of nitrogen functional groups attached to an aromatic ring is 1. The average Bonchev–Trinajstić information content (AvgIpc) is 2.64. The number of hydrogen-bond donors (Lipinski definition) is 2. The van der Waals surface area contributed by atoms with E-state index in [1.807, 2.05) is 0 Å². The van der Waals surface area contributed by atoms with Crippen LogP contribution in [0, 0.1) is 0 Å². The molecule has 0 bridgehead atoms. The highest BCUT2D eigenvalue weighted by Gasteiger charge is 2.25. The third-order valence-corrected chi connectivity index (χ3v) is 3.28. The van der Waals surface area contributed by atoms with Crippen LogP contribution in [0.4, 0.5) is 11.4 Å². The van der Waals surface area contributed by atoms with E-state index in [0.29, 0.717) is 0 Å². The molecule has 0 aromatic heterocycles. The quantitative estimate of drug-likeness (QED) is 0.516. The van der Waals surface area contributed by atoms with E-state index in [0.717, 1.165) is 5.69 Å². The highest BCUT2D eigenvalue weighted by atomic mass is 15.2. The van der Waals surface area contributed by atoms with Gasteiger partial charge < -0.3 is 10.3 Å². The van der Waals surface area contributed by atoms with Crippen LogP contribution in [0.3, 0.4) is 0 Å². The lowest BCUT2D eigenvalue weighted by Crippen LogP contribution is -2.26. The molecular formula is C11H15N3. The molecule has 14 heavy (non-hydrogen) atoms. The summed E-state index contributed by atoms with van der Waals surface area (Å²) in [5.41, 5.74) is 8.24. The molecule has 0 radical (unpaired) electrons. The smallest absolute Gasteiger partial charge is 0.0492 e. The summed E-state index contributed by atoms with van der Waals surface area (Å²) >= 11 is 0. The van der Waals surface area contributed by atoms with Crippen molar-refractivity contribution in [3.63, 3.8) is 0 Å². The Morgan fingerprint density at radius 1 is 1.14 bits per heavy atom. The van der Waals surface area contributed by atoms with Crippen molar-refractivity contribution < 1.29 is 0 Å². The van der Waals surface area contributed by atoms with Crippen LogP contribution in [-0.4, -0.2) is 13.1 Å². The number of rotatable bonds is 1. The second kappa shape index (κ2) is 2.89. The van der Waals surface area contributed by atoms with Gasteiger partial charge in [0.25, 0.3) is 0 Å². The fourth-order valence-corrected chi connectivity index (χ4v) is 2.68. The van der Waals surface area contributed by atoms with Gasteiger partial charge in [-0.05, 0) is 42.5 Å². The predicted octanol–water partition coefficient (Wildman–Crippen LogP) is 1.28. The number of benzene rings is 1. The zero-order valence-corrected chi connectivity index (χ0v) is 8.21. The molecule has 0 spiro atoms. The van der Waals surface area contributed by atoms with Gasteiger partial charge in [0.1, 0.15) is 0 Å². The van der Waals surface area contributed by atoms with Gasteiger partial charge in [-0.25, -0.2) is 0 Å². The maximum absolute atomic E-state index is 5.46. The summed E-state index contributed by atoms with van der Waals surface area (Å²) < 4.78 is 0. The van der Waals surface area contributed by atoms with E-state index in [-0.39, 0.29) is 0 Å². The van der Waals surface area contributed by atoms with Crippen molar-refractivity contribution in [1.29, 1.82) is 0 Å². The number of nitrogens with two attached hydrogens (primary N) is 1. The van der Waals surface area contributed by atoms with Gasteiger partial charge in [0, 0.05) is 24.5 Å². The topological polar surface area (TPSA) is 41.3 Å². The third-order valence-electron chi connectivity index (χ3n) is 3.28. The molecule has 1 aromatic carbocycles. The summed E-state index contributed by atoms with van der Waals surface area (Å²) in [6, 6.07) is 4.38. The molecule has 0 saturated carbocycles. The zero-order chi connectivity index (χ0) is 9.54. The molecule has 2 aliphatic rings. The summed E-state index contributed by atoms with van der Waals surface area (Å²) in [7, 11) is 0. The fourth-order valence-electron chi connectivity index (χ4n) is 2.68. The zero-order valence-electron chi connectivity index (χ0n) is 8.21. The Kier molecular flexibility index (Phi) is 1.67. The summed E-state index contributed by atoms with van der Waals surface area (Å²) in [6.45, 7) is 2.42. The van der Waals surface area contributed by atoms with E-state index in [2.05, 4.69) is 22.5 Å². The minimum atomic E-state index is 1.06. The van der Waals surface area contributed by atoms with E-state index < -0.39 is 0 Å². The molecule has 0 amide bonds. The minimum Gasteiger partial charge on any atom is -0.371 e. The number of hydrogen-bond acceptors (Lipinski definition) is 3. The first kappa shape index (κ1) is 8.12. The van der Waals surface area contributed by atoms with Crippen molar-refractivity contribution in [2.45, 2.75) is 19.3 Å². The van der Waals surface area contributed by atoms with Crippen LogP contribution in [0.1, 0.15) is 17.5 Å². The van der Waals surface area contributed by atoms with Crippen molar-refractivity contribution in [2.75, 3.05) is 23.4 Å². The van der Waals surface area contributed by atoms with Crippen LogP contribution < -0.4 is 16.2 Å². The SMILES string of the molecule is NNc1cc2c3c(c1)CCN3CCC2. The third kappa shape index (κ3) is 1.02. The highest BCUT2D eigenvalue weighted by Crippen LogP contribution is 2.37. The molecule has 0 unspecified atom stereocenters. The van der Waals surface area contributed by atoms with Gasteiger partial charge in [-0.2, -0.15) is 0 Å². The monoisotopic (exact) mass is 189 g/mol. The van der Waals surface area contributed by atoms with Crippen LogP contribution in [-0.2, 0) is 12.8 Å². The van der Waals surface area contributed by atoms with Gasteiger partial charge >= 0.3 is 0 Å². The lowest BCUT2D eigenvalue weighted by molar-refractivity contribution is 0.719. The molecule has 3 nitrogen and oxygen atoms in total. The standard InChI is InChI=1S/C11H15N3/c12-13-10-6-8-2-1-4-14-5-3-9(7-10)11(8)14/h6-7,13H,1-5,12H2. The molecule has 0 fully saturated rings. The van der Waals surface area contributed by atoms with Crippen molar-refractivity contribution in [2.24, 2.45) is 5.84 Å². The first-order chi connectivity index (χ1) is 6.88. The minimum absolute atomic E-state index is 1.06.